The van der Waals surface area contributed by atoms with E-state index in [1.54, 1.807) is 72.5 Å². The van der Waals surface area contributed by atoms with E-state index in [4.69, 9.17) is 21.4 Å². The Morgan fingerprint density at radius 1 is 0.964 bits per heavy atom. The topological polar surface area (TPSA) is 139 Å². The molecule has 6 atom stereocenters. The molecule has 5 aromatic rings. The van der Waals surface area contributed by atoms with Gasteiger partial charge in [-0.3, -0.25) is 33.6 Å². The molecule has 11 nitrogen and oxygen atoms in total. The first-order valence-corrected chi connectivity index (χ1v) is 19.6. The van der Waals surface area contributed by atoms with Gasteiger partial charge in [0.05, 0.1) is 40.8 Å². The Labute approximate surface area is 331 Å². The molecule has 13 heteroatoms. The number of ketones is 1. The van der Waals surface area contributed by atoms with Crippen LogP contribution < -0.4 is 14.5 Å². The van der Waals surface area contributed by atoms with Crippen molar-refractivity contribution in [3.8, 4) is 22.1 Å². The summed E-state index contributed by atoms with van der Waals surface area (Å²) in [6.07, 6.45) is 2.33. The normalized spacial score (nSPS) is 25.8. The van der Waals surface area contributed by atoms with Crippen molar-refractivity contribution in [2.24, 2.45) is 36.1 Å². The molecule has 0 radical (unpaired) electrons. The van der Waals surface area contributed by atoms with Gasteiger partial charge in [-0.2, -0.15) is 5.10 Å². The van der Waals surface area contributed by atoms with Crippen LogP contribution in [0, 0.1) is 36.0 Å². The second-order valence-electron chi connectivity index (χ2n) is 15.4. The number of carbonyl (C=O) groups excluding carboxylic acids is 5. The Bertz CT molecular complexity index is 2610. The minimum Gasteiger partial charge on any atom is -0.508 e. The Morgan fingerprint density at radius 2 is 1.71 bits per heavy atom. The molecular formula is C43H37ClN4O7S. The van der Waals surface area contributed by atoms with E-state index in [-0.39, 0.29) is 30.3 Å². The van der Waals surface area contributed by atoms with Gasteiger partial charge in [-0.25, -0.2) is 4.90 Å². The highest BCUT2D eigenvalue weighted by Gasteiger charge is 2.68. The molecule has 3 aromatic carbocycles. The number of aromatic hydroxyl groups is 1. The van der Waals surface area contributed by atoms with E-state index in [1.165, 1.54) is 29.9 Å². The lowest BCUT2D eigenvalue weighted by atomic mass is 9.51. The number of phenolic OH excluding ortho intramolecular Hbond substituents is 1. The molecule has 1 saturated carbocycles. The van der Waals surface area contributed by atoms with Gasteiger partial charge in [0, 0.05) is 45.9 Å². The molecule has 1 N–H and O–H groups in total. The summed E-state index contributed by atoms with van der Waals surface area (Å²) in [6.45, 7) is 5.22. The largest absolute Gasteiger partial charge is 0.508 e. The molecule has 0 bridgehead atoms. The number of rotatable bonds is 6. The zero-order valence-corrected chi connectivity index (χ0v) is 32.8. The highest BCUT2D eigenvalue weighted by Crippen LogP contribution is 2.64. The summed E-state index contributed by atoms with van der Waals surface area (Å²) in [4.78, 5) is 73.8. The monoisotopic (exact) mass is 788 g/mol. The molecule has 3 fully saturated rings. The smallest absolute Gasteiger partial charge is 0.242 e. The summed E-state index contributed by atoms with van der Waals surface area (Å²) in [5.74, 6) is -4.91. The average Bonchev–Trinajstić information content (AvgIpc) is 3.85. The second-order valence-corrected chi connectivity index (χ2v) is 16.9. The first-order chi connectivity index (χ1) is 26.7. The van der Waals surface area contributed by atoms with Gasteiger partial charge in [0.25, 0.3) is 0 Å². The van der Waals surface area contributed by atoms with Crippen molar-refractivity contribution in [2.75, 3.05) is 16.9 Å². The number of anilines is 2. The number of hydrogen-bond donors (Lipinski definition) is 1. The third-order valence-corrected chi connectivity index (χ3v) is 14.1. The number of thiophene rings is 1. The van der Waals surface area contributed by atoms with Crippen molar-refractivity contribution >= 4 is 73.9 Å². The minimum absolute atomic E-state index is 0.110. The van der Waals surface area contributed by atoms with Gasteiger partial charge >= 0.3 is 0 Å². The molecule has 4 aliphatic rings. The van der Waals surface area contributed by atoms with Crippen molar-refractivity contribution in [3.05, 3.63) is 100 Å². The number of aromatic nitrogens is 2. The van der Waals surface area contributed by atoms with Crippen LogP contribution in [0.25, 0.3) is 20.7 Å². The van der Waals surface area contributed by atoms with Gasteiger partial charge in [0.15, 0.2) is 5.78 Å². The van der Waals surface area contributed by atoms with E-state index >= 15 is 4.79 Å². The maximum absolute atomic E-state index is 15.1. The van der Waals surface area contributed by atoms with Gasteiger partial charge in [-0.1, -0.05) is 29.3 Å². The van der Waals surface area contributed by atoms with Crippen LogP contribution in [-0.4, -0.2) is 51.4 Å². The van der Waals surface area contributed by atoms with Gasteiger partial charge in [0.2, 0.25) is 23.6 Å². The number of allylic oxidation sites excluding steroid dienone is 2. The van der Waals surface area contributed by atoms with E-state index in [0.29, 0.717) is 39.1 Å². The third-order valence-electron chi connectivity index (χ3n) is 12.6. The van der Waals surface area contributed by atoms with Crippen molar-refractivity contribution in [2.45, 2.75) is 39.5 Å². The summed E-state index contributed by atoms with van der Waals surface area (Å²) >= 11 is 7.87. The third kappa shape index (κ3) is 5.01. The molecule has 0 spiro atoms. The van der Waals surface area contributed by atoms with E-state index < -0.39 is 52.7 Å². The number of benzene rings is 3. The van der Waals surface area contributed by atoms with Crippen LogP contribution in [0.15, 0.2) is 78.4 Å². The summed E-state index contributed by atoms with van der Waals surface area (Å²) < 4.78 is 7.96. The number of phenols is 1. The highest BCUT2D eigenvalue weighted by atomic mass is 35.5. The Morgan fingerprint density at radius 3 is 2.41 bits per heavy atom. The number of Topliss-reactive ketones (excluding diaryl/α,β-unsaturated/α-hetero) is 1. The van der Waals surface area contributed by atoms with Gasteiger partial charge in [-0.15, -0.1) is 11.3 Å². The lowest BCUT2D eigenvalue weighted by molar-refractivity contribution is -0.131. The quantitative estimate of drug-likeness (QED) is 0.105. The molecule has 2 saturated heterocycles. The van der Waals surface area contributed by atoms with E-state index in [9.17, 15) is 24.3 Å². The first kappa shape index (κ1) is 36.1. The van der Waals surface area contributed by atoms with Crippen molar-refractivity contribution < 1.29 is 33.8 Å². The first-order valence-electron chi connectivity index (χ1n) is 18.4. The second kappa shape index (κ2) is 12.7. The lowest BCUT2D eigenvalue weighted by Crippen LogP contribution is -2.49. The Kier molecular flexibility index (Phi) is 8.19. The molecule has 2 aliphatic heterocycles. The molecule has 4 heterocycles. The number of halogens is 1. The summed E-state index contributed by atoms with van der Waals surface area (Å²) in [7, 11) is 3.19. The number of fused-ring (bicyclic) bond motifs is 5. The van der Waals surface area contributed by atoms with Crippen LogP contribution in [0.5, 0.6) is 11.5 Å². The fourth-order valence-electron chi connectivity index (χ4n) is 9.79. The zero-order valence-electron chi connectivity index (χ0n) is 31.2. The van der Waals surface area contributed by atoms with Gasteiger partial charge in [-0.05, 0) is 99.0 Å². The van der Waals surface area contributed by atoms with Crippen molar-refractivity contribution in [1.29, 1.82) is 0 Å². The molecule has 4 amide bonds. The number of carbonyl (C=O) groups is 5. The summed E-state index contributed by atoms with van der Waals surface area (Å²) in [5.41, 5.74) is 2.21. The van der Waals surface area contributed by atoms with Crippen molar-refractivity contribution in [1.82, 2.24) is 9.78 Å². The van der Waals surface area contributed by atoms with Gasteiger partial charge in [0.1, 0.15) is 23.0 Å². The van der Waals surface area contributed by atoms with Crippen molar-refractivity contribution in [3.63, 3.8) is 0 Å². The highest BCUT2D eigenvalue weighted by molar-refractivity contribution is 7.22. The Balaban J connectivity index is 1.15. The number of ether oxygens (including phenoxy) is 1. The molecular weight excluding hydrogens is 752 g/mol. The van der Waals surface area contributed by atoms with Crippen LogP contribution in [0.4, 0.5) is 11.5 Å². The van der Waals surface area contributed by atoms with Crippen LogP contribution in [-0.2, 0) is 26.2 Å². The number of nitrogens with zero attached hydrogens (tertiary/aromatic N) is 4. The maximum atomic E-state index is 15.1. The number of aryl methyl sites for hydroxylation is 2. The number of hydrogen-bond acceptors (Lipinski definition) is 9. The van der Waals surface area contributed by atoms with Crippen LogP contribution in [0.3, 0.4) is 0 Å². The molecule has 284 valence electrons. The standard InChI is InChI=1S/C43H37ClN4O7S/c1-20-29-16-23(44)8-15-34(29)56-38(20)32-19-35(46(4)45-32)48-40(52)31-18-30-26(37(43(31,3)42(48)54)27-12-11-25(55-5)17-33(27)50)13-14-28-36(30)41(53)47(39(28)51)24-9-6-22(7-10-24)21(2)49/h6-13,15-17,19,28,30-31,36-37,50H,14,18H2,1-5H3. The summed E-state index contributed by atoms with van der Waals surface area (Å²) in [5, 5.41) is 18.0. The molecule has 56 heavy (non-hydrogen) atoms. The predicted octanol–water partition coefficient (Wildman–Crippen LogP) is 7.62. The van der Waals surface area contributed by atoms with E-state index in [0.717, 1.165) is 26.1 Å². The number of amides is 4. The van der Waals surface area contributed by atoms with Crippen LogP contribution in [0.2, 0.25) is 5.02 Å². The van der Waals surface area contributed by atoms with E-state index in [2.05, 4.69) is 0 Å². The fourth-order valence-corrected chi connectivity index (χ4v) is 11.1. The minimum atomic E-state index is -1.37. The zero-order chi connectivity index (χ0) is 39.5. The summed E-state index contributed by atoms with van der Waals surface area (Å²) in [6, 6.07) is 18.7. The number of imide groups is 2. The molecule has 2 aliphatic carbocycles. The molecule has 2 aromatic heterocycles. The van der Waals surface area contributed by atoms with Gasteiger partial charge < -0.3 is 9.84 Å². The Hall–Kier alpha value is -5.59. The maximum Gasteiger partial charge on any atom is 0.242 e. The predicted molar refractivity (Wildman–Crippen MR) is 212 cm³/mol. The van der Waals surface area contributed by atoms with E-state index in [1.807, 2.05) is 31.2 Å². The average molecular weight is 789 g/mol. The number of methoxy groups -OCH3 is 1. The SMILES string of the molecule is COc1ccc(C2C3=CCC4C(=O)N(c5ccc(C(C)=O)cc5)C(=O)C4C3CC3C(=O)N(c4cc(-c5sc6ccc(Cl)cc6c5C)nn4C)C(=O)C32C)c(O)c1. The molecule has 6 unspecified atom stereocenters. The van der Waals surface area contributed by atoms with Crippen LogP contribution in [0.1, 0.15) is 54.1 Å². The fraction of sp³-hybridized carbons (Fsp3) is 0.302. The lowest BCUT2D eigenvalue weighted by Gasteiger charge is -2.49. The van der Waals surface area contributed by atoms with Crippen LogP contribution >= 0.6 is 22.9 Å². The molecule has 9 rings (SSSR count).